The molecule has 4 aromatic rings. The van der Waals surface area contributed by atoms with Crippen molar-refractivity contribution in [3.05, 3.63) is 96.1 Å². The third kappa shape index (κ3) is 5.17. The largest absolute Gasteiger partial charge is 0.506 e. The molecule has 0 aliphatic heterocycles. The maximum Gasteiger partial charge on any atom is 0.411 e. The molecule has 0 fully saturated rings. The number of hydrogen-bond donors (Lipinski definition) is 4. The first-order valence-electron chi connectivity index (χ1n) is 11.1. The molecule has 6 nitrogen and oxygen atoms in total. The van der Waals surface area contributed by atoms with Gasteiger partial charge in [0, 0.05) is 12.1 Å². The van der Waals surface area contributed by atoms with Gasteiger partial charge < -0.3 is 31.2 Å². The second-order valence-corrected chi connectivity index (χ2v) is 8.44. The summed E-state index contributed by atoms with van der Waals surface area (Å²) in [6.07, 6.45) is -11.6. The van der Waals surface area contributed by atoms with Crippen LogP contribution < -0.4 is 20.9 Å². The molecule has 0 aliphatic carbocycles. The van der Waals surface area contributed by atoms with Crippen molar-refractivity contribution in [2.24, 2.45) is 0 Å². The minimum atomic E-state index is -5.79. The van der Waals surface area contributed by atoms with Gasteiger partial charge in [-0.3, -0.25) is 0 Å². The summed E-state index contributed by atoms with van der Waals surface area (Å²) in [7, 11) is 0. The SMILES string of the molecule is Nc1ccc(Oc2ccc(C(c3ccc(Oc4ccc(N)c(O)c4)cc3)(C(F)(F)F)C(F)(F)F)cc2)cc1O. The molecule has 0 unspecified atom stereocenters. The summed E-state index contributed by atoms with van der Waals surface area (Å²) >= 11 is 0. The van der Waals surface area contributed by atoms with E-state index < -0.39 is 28.9 Å². The van der Waals surface area contributed by atoms with Crippen LogP contribution in [0.5, 0.6) is 34.5 Å². The van der Waals surface area contributed by atoms with Crippen LogP contribution in [0.1, 0.15) is 11.1 Å². The number of nitrogens with two attached hydrogens (primary N) is 2. The van der Waals surface area contributed by atoms with Gasteiger partial charge in [-0.05, 0) is 59.7 Å². The van der Waals surface area contributed by atoms with E-state index in [0.29, 0.717) is 24.3 Å². The van der Waals surface area contributed by atoms with Gasteiger partial charge in [0.05, 0.1) is 11.4 Å². The predicted molar refractivity (Wildman–Crippen MR) is 131 cm³/mol. The smallest absolute Gasteiger partial charge is 0.411 e. The Bertz CT molecular complexity index is 1360. The molecule has 4 rings (SSSR count). The highest BCUT2D eigenvalue weighted by atomic mass is 19.4. The molecule has 12 heteroatoms. The average Bonchev–Trinajstić information content (AvgIpc) is 2.84. The molecular weight excluding hydrogens is 530 g/mol. The maximum absolute atomic E-state index is 14.4. The van der Waals surface area contributed by atoms with E-state index in [1.165, 1.54) is 24.3 Å². The van der Waals surface area contributed by atoms with E-state index in [-0.39, 0.29) is 45.9 Å². The lowest BCUT2D eigenvalue weighted by atomic mass is 9.73. The van der Waals surface area contributed by atoms with Crippen LogP contribution in [-0.4, -0.2) is 22.6 Å². The number of nitrogen functional groups attached to an aromatic ring is 2. The third-order valence-electron chi connectivity index (χ3n) is 5.90. The van der Waals surface area contributed by atoms with Crippen LogP contribution in [0.2, 0.25) is 0 Å². The Balaban J connectivity index is 1.71. The first-order valence-corrected chi connectivity index (χ1v) is 11.1. The molecule has 0 aromatic heterocycles. The van der Waals surface area contributed by atoms with E-state index in [0.717, 1.165) is 36.4 Å². The van der Waals surface area contributed by atoms with Crippen LogP contribution in [-0.2, 0) is 5.41 Å². The second-order valence-electron chi connectivity index (χ2n) is 8.44. The lowest BCUT2D eigenvalue weighted by molar-refractivity contribution is -0.288. The van der Waals surface area contributed by atoms with E-state index in [2.05, 4.69) is 0 Å². The topological polar surface area (TPSA) is 111 Å². The van der Waals surface area contributed by atoms with Gasteiger partial charge in [-0.1, -0.05) is 24.3 Å². The molecule has 4 aromatic carbocycles. The first-order chi connectivity index (χ1) is 18.2. The molecular formula is C27H20F6N2O4. The van der Waals surface area contributed by atoms with Crippen LogP contribution in [0.25, 0.3) is 0 Å². The Morgan fingerprint density at radius 3 is 1.08 bits per heavy atom. The van der Waals surface area contributed by atoms with Crippen molar-refractivity contribution in [2.45, 2.75) is 17.8 Å². The minimum Gasteiger partial charge on any atom is -0.506 e. The zero-order valence-electron chi connectivity index (χ0n) is 19.7. The molecule has 0 saturated carbocycles. The van der Waals surface area contributed by atoms with E-state index in [1.807, 2.05) is 0 Å². The number of anilines is 2. The monoisotopic (exact) mass is 550 g/mol. The third-order valence-corrected chi connectivity index (χ3v) is 5.90. The summed E-state index contributed by atoms with van der Waals surface area (Å²) in [6.45, 7) is 0. The number of aromatic hydroxyl groups is 2. The molecule has 0 radical (unpaired) electrons. The molecule has 0 aliphatic rings. The van der Waals surface area contributed by atoms with Gasteiger partial charge in [0.2, 0.25) is 5.41 Å². The number of halogens is 6. The Morgan fingerprint density at radius 1 is 0.487 bits per heavy atom. The Morgan fingerprint density at radius 2 is 0.795 bits per heavy atom. The van der Waals surface area contributed by atoms with Crippen LogP contribution in [0.3, 0.4) is 0 Å². The highest BCUT2D eigenvalue weighted by molar-refractivity contribution is 5.56. The number of phenols is 2. The summed E-state index contributed by atoms with van der Waals surface area (Å²) in [6, 6.07) is 14.2. The van der Waals surface area contributed by atoms with Gasteiger partial charge in [-0.25, -0.2) is 0 Å². The van der Waals surface area contributed by atoms with Crippen molar-refractivity contribution < 1.29 is 46.0 Å². The summed E-state index contributed by atoms with van der Waals surface area (Å²) in [5, 5.41) is 19.4. The fourth-order valence-electron chi connectivity index (χ4n) is 3.97. The average molecular weight is 550 g/mol. The Labute approximate surface area is 217 Å². The highest BCUT2D eigenvalue weighted by Crippen LogP contribution is 2.56. The van der Waals surface area contributed by atoms with Crippen LogP contribution in [0, 0.1) is 0 Å². The van der Waals surface area contributed by atoms with Crippen LogP contribution >= 0.6 is 0 Å². The lowest BCUT2D eigenvalue weighted by Gasteiger charge is -2.38. The molecule has 0 saturated heterocycles. The number of ether oxygens (including phenoxy) is 2. The minimum absolute atomic E-state index is 0.0564. The fourth-order valence-corrected chi connectivity index (χ4v) is 3.97. The van der Waals surface area contributed by atoms with Crippen LogP contribution in [0.15, 0.2) is 84.9 Å². The van der Waals surface area contributed by atoms with Gasteiger partial charge in [0.15, 0.2) is 0 Å². The molecule has 39 heavy (non-hydrogen) atoms. The quantitative estimate of drug-likeness (QED) is 0.114. The van der Waals surface area contributed by atoms with Crippen molar-refractivity contribution in [3.8, 4) is 34.5 Å². The van der Waals surface area contributed by atoms with Gasteiger partial charge in [0.1, 0.15) is 34.5 Å². The normalized spacial score (nSPS) is 12.3. The zero-order valence-corrected chi connectivity index (χ0v) is 19.7. The van der Waals surface area contributed by atoms with Crippen LogP contribution in [0.4, 0.5) is 37.7 Å². The van der Waals surface area contributed by atoms with Gasteiger partial charge in [-0.2, -0.15) is 26.3 Å². The molecule has 0 heterocycles. The summed E-state index contributed by atoms with van der Waals surface area (Å²) < 4.78 is 97.5. The summed E-state index contributed by atoms with van der Waals surface area (Å²) in [4.78, 5) is 0. The van der Waals surface area contributed by atoms with E-state index in [9.17, 15) is 36.6 Å². The molecule has 0 atom stereocenters. The molecule has 0 amide bonds. The van der Waals surface area contributed by atoms with E-state index in [4.69, 9.17) is 20.9 Å². The van der Waals surface area contributed by atoms with Gasteiger partial charge in [0.25, 0.3) is 0 Å². The fraction of sp³-hybridized carbons (Fsp3) is 0.111. The van der Waals surface area contributed by atoms with Gasteiger partial charge >= 0.3 is 12.4 Å². The van der Waals surface area contributed by atoms with Crippen molar-refractivity contribution in [3.63, 3.8) is 0 Å². The molecule has 6 N–H and O–H groups in total. The summed E-state index contributed by atoms with van der Waals surface area (Å²) in [5.74, 6) is -0.626. The summed E-state index contributed by atoms with van der Waals surface area (Å²) in [5.41, 5.74) is 4.56. The number of benzene rings is 4. The predicted octanol–water partition coefficient (Wildman–Crippen LogP) is 7.26. The lowest BCUT2D eigenvalue weighted by Crippen LogP contribution is -2.54. The molecule has 204 valence electrons. The maximum atomic E-state index is 14.4. The zero-order chi connectivity index (χ0) is 28.6. The van der Waals surface area contributed by atoms with Crippen molar-refractivity contribution in [1.29, 1.82) is 0 Å². The van der Waals surface area contributed by atoms with Crippen molar-refractivity contribution in [1.82, 2.24) is 0 Å². The Kier molecular flexibility index (Phi) is 6.90. The van der Waals surface area contributed by atoms with Crippen molar-refractivity contribution >= 4 is 11.4 Å². The standard InChI is InChI=1S/C27H20F6N2O4/c28-26(29,30)25(27(31,32)33,15-1-5-17(6-2-15)38-19-9-11-21(34)23(36)13-19)16-3-7-18(8-4-16)39-20-10-12-22(35)24(37)14-20/h1-14,36-37H,34-35H2. The van der Waals surface area contributed by atoms with Gasteiger partial charge in [-0.15, -0.1) is 0 Å². The number of phenolic OH excluding ortho intramolecular Hbond substituents is 2. The van der Waals surface area contributed by atoms with Crippen molar-refractivity contribution in [2.75, 3.05) is 11.5 Å². The Hall–Kier alpha value is -4.74. The second kappa shape index (κ2) is 9.86. The first kappa shape index (κ1) is 27.3. The molecule has 0 bridgehead atoms. The van der Waals surface area contributed by atoms with E-state index in [1.54, 1.807) is 0 Å². The number of hydrogen-bond acceptors (Lipinski definition) is 6. The van der Waals surface area contributed by atoms with E-state index >= 15 is 0 Å². The number of alkyl halides is 6. The number of rotatable bonds is 6. The molecule has 0 spiro atoms. The highest BCUT2D eigenvalue weighted by Gasteiger charge is 2.72.